The molecule has 4 heterocycles. The van der Waals surface area contributed by atoms with E-state index in [2.05, 4.69) is 9.97 Å². The maximum atomic E-state index is 12.1. The first-order valence-corrected chi connectivity index (χ1v) is 9.98. The average Bonchev–Trinajstić information content (AvgIpc) is 3.09. The first-order valence-electron chi connectivity index (χ1n) is 7.49. The quantitative estimate of drug-likeness (QED) is 0.696. The van der Waals surface area contributed by atoms with Gasteiger partial charge in [-0.1, -0.05) is 0 Å². The molecule has 0 fully saturated rings. The zero-order valence-corrected chi connectivity index (χ0v) is 14.6. The van der Waals surface area contributed by atoms with E-state index >= 15 is 0 Å². The third-order valence-electron chi connectivity index (χ3n) is 4.23. The maximum absolute atomic E-state index is 12.1. The molecule has 0 aliphatic carbocycles. The highest BCUT2D eigenvalue weighted by atomic mass is 32.1. The topological polar surface area (TPSA) is 96.5 Å². The van der Waals surface area contributed by atoms with Crippen LogP contribution in [-0.4, -0.2) is 19.8 Å². The second-order valence-corrected chi connectivity index (χ2v) is 8.38. The highest BCUT2D eigenvalue weighted by molar-refractivity contribution is 7.60. The van der Waals surface area contributed by atoms with Crippen molar-refractivity contribution in [3.05, 3.63) is 52.0 Å². The molecule has 1 atom stereocenters. The molecular weight excluding hydrogens is 347 g/mol. The molecule has 0 spiro atoms. The highest BCUT2D eigenvalue weighted by Gasteiger charge is 2.39. The Morgan fingerprint density at radius 1 is 1.33 bits per heavy atom. The lowest BCUT2D eigenvalue weighted by atomic mass is 9.91. The summed E-state index contributed by atoms with van der Waals surface area (Å²) in [6.45, 7) is 1.87. The van der Waals surface area contributed by atoms with Crippen LogP contribution in [0.25, 0.3) is 11.3 Å². The van der Waals surface area contributed by atoms with Crippen molar-refractivity contribution in [2.75, 3.05) is 0 Å². The van der Waals surface area contributed by atoms with E-state index in [1.807, 2.05) is 24.4 Å². The van der Waals surface area contributed by atoms with Crippen molar-refractivity contribution in [3.63, 3.8) is 0 Å². The van der Waals surface area contributed by atoms with Crippen molar-refractivity contribution in [1.29, 1.82) is 0 Å². The minimum absolute atomic E-state index is 0.000596. The molecule has 24 heavy (non-hydrogen) atoms. The fraction of sp³-hybridized carbons (Fsp3) is 0.250. The fourth-order valence-electron chi connectivity index (χ4n) is 3.26. The van der Waals surface area contributed by atoms with E-state index in [0.717, 1.165) is 17.0 Å². The van der Waals surface area contributed by atoms with Crippen LogP contribution in [0.5, 0.6) is 0 Å². The van der Waals surface area contributed by atoms with Gasteiger partial charge in [0.25, 0.3) is 0 Å². The SMILES string of the molecule is Cc1nc(-c2c3oc(c2P(=O)(O)O)CCC3c2ccncc2)cs1. The summed E-state index contributed by atoms with van der Waals surface area (Å²) < 4.78 is 18.0. The van der Waals surface area contributed by atoms with Gasteiger partial charge in [0, 0.05) is 30.1 Å². The Morgan fingerprint density at radius 2 is 2.08 bits per heavy atom. The number of fused-ring (bicyclic) bond motifs is 2. The second-order valence-electron chi connectivity index (χ2n) is 5.78. The van der Waals surface area contributed by atoms with Crippen LogP contribution in [0, 0.1) is 6.92 Å². The number of hydrogen-bond donors (Lipinski definition) is 2. The number of aromatic nitrogens is 2. The number of hydrogen-bond acceptors (Lipinski definition) is 5. The van der Waals surface area contributed by atoms with Gasteiger partial charge in [0.05, 0.1) is 16.3 Å². The summed E-state index contributed by atoms with van der Waals surface area (Å²) in [5.41, 5.74) is 2.05. The average molecular weight is 362 g/mol. The van der Waals surface area contributed by atoms with Crippen LogP contribution >= 0.6 is 18.9 Å². The van der Waals surface area contributed by atoms with E-state index in [0.29, 0.717) is 29.2 Å². The molecule has 0 amide bonds. The van der Waals surface area contributed by atoms with Crippen LogP contribution in [0.4, 0.5) is 0 Å². The van der Waals surface area contributed by atoms with Gasteiger partial charge in [-0.3, -0.25) is 9.55 Å². The highest BCUT2D eigenvalue weighted by Crippen LogP contribution is 2.48. The normalized spacial score (nSPS) is 17.2. The van der Waals surface area contributed by atoms with Gasteiger partial charge in [0.15, 0.2) is 0 Å². The van der Waals surface area contributed by atoms with Gasteiger partial charge in [0.1, 0.15) is 16.8 Å². The predicted octanol–water partition coefficient (Wildman–Crippen LogP) is 2.99. The van der Waals surface area contributed by atoms with E-state index < -0.39 is 7.60 Å². The van der Waals surface area contributed by atoms with Gasteiger partial charge in [0.2, 0.25) is 0 Å². The molecule has 0 saturated heterocycles. The van der Waals surface area contributed by atoms with Gasteiger partial charge in [-0.2, -0.15) is 0 Å². The van der Waals surface area contributed by atoms with Crippen LogP contribution in [0.1, 0.15) is 34.4 Å². The first-order chi connectivity index (χ1) is 11.4. The van der Waals surface area contributed by atoms with Crippen LogP contribution in [0.2, 0.25) is 0 Å². The minimum Gasteiger partial charge on any atom is -0.464 e. The molecule has 0 saturated carbocycles. The molecule has 2 bridgehead atoms. The molecule has 0 aromatic carbocycles. The second kappa shape index (κ2) is 5.63. The zero-order chi connectivity index (χ0) is 16.9. The van der Waals surface area contributed by atoms with Crippen molar-refractivity contribution in [2.45, 2.75) is 25.7 Å². The number of pyridine rings is 1. The summed E-state index contributed by atoms with van der Waals surface area (Å²) in [6, 6.07) is 3.82. The Morgan fingerprint density at radius 3 is 2.71 bits per heavy atom. The van der Waals surface area contributed by atoms with Gasteiger partial charge in [-0.25, -0.2) is 4.98 Å². The third-order valence-corrected chi connectivity index (χ3v) is 6.06. The van der Waals surface area contributed by atoms with E-state index in [4.69, 9.17) is 4.42 Å². The van der Waals surface area contributed by atoms with Gasteiger partial charge in [-0.05, 0) is 31.0 Å². The van der Waals surface area contributed by atoms with Crippen molar-refractivity contribution in [1.82, 2.24) is 9.97 Å². The van der Waals surface area contributed by atoms with E-state index in [1.54, 1.807) is 12.4 Å². The third kappa shape index (κ3) is 2.54. The number of thiazole rings is 1. The fourth-order valence-corrected chi connectivity index (χ4v) is 4.86. The monoisotopic (exact) mass is 362 g/mol. The van der Waals surface area contributed by atoms with Crippen molar-refractivity contribution in [3.8, 4) is 11.3 Å². The van der Waals surface area contributed by atoms with E-state index in [1.165, 1.54) is 11.3 Å². The van der Waals surface area contributed by atoms with Gasteiger partial charge >= 0.3 is 7.60 Å². The van der Waals surface area contributed by atoms with Crippen LogP contribution in [-0.2, 0) is 11.0 Å². The molecule has 4 rings (SSSR count). The summed E-state index contributed by atoms with van der Waals surface area (Å²) in [5, 5.41) is 2.66. The van der Waals surface area contributed by atoms with Crippen LogP contribution in [0.3, 0.4) is 0 Å². The predicted molar refractivity (Wildman–Crippen MR) is 90.6 cm³/mol. The lowest BCUT2D eigenvalue weighted by Gasteiger charge is -2.18. The Kier molecular flexibility index (Phi) is 3.69. The standard InChI is InChI=1S/C16H15N2O4PS/c1-9-18-12(8-24-9)14-15-11(10-4-6-17-7-5-10)2-3-13(22-15)16(14)23(19,20)21/h4-8,11H,2-3H2,1H3,(H2,19,20,21). The molecule has 124 valence electrons. The summed E-state index contributed by atoms with van der Waals surface area (Å²) in [7, 11) is -4.46. The van der Waals surface area contributed by atoms with Crippen LogP contribution in [0.15, 0.2) is 34.3 Å². The Balaban J connectivity index is 1.97. The molecule has 8 heteroatoms. The number of nitrogens with zero attached hydrogens (tertiary/aromatic N) is 2. The number of furan rings is 1. The molecule has 6 nitrogen and oxygen atoms in total. The number of rotatable bonds is 3. The van der Waals surface area contributed by atoms with Crippen molar-refractivity contribution >= 4 is 24.2 Å². The summed E-state index contributed by atoms with van der Waals surface area (Å²) in [6.07, 6.45) is 4.66. The van der Waals surface area contributed by atoms with Crippen molar-refractivity contribution < 1.29 is 18.8 Å². The lowest BCUT2D eigenvalue weighted by molar-refractivity contribution is 0.379. The maximum Gasteiger partial charge on any atom is 0.360 e. The molecule has 3 aromatic rings. The molecule has 0 radical (unpaired) electrons. The Bertz CT molecular complexity index is 944. The zero-order valence-electron chi connectivity index (χ0n) is 12.8. The lowest BCUT2D eigenvalue weighted by Crippen LogP contribution is -2.09. The Hall–Kier alpha value is -1.79. The Labute approximate surface area is 142 Å². The largest absolute Gasteiger partial charge is 0.464 e. The van der Waals surface area contributed by atoms with Gasteiger partial charge < -0.3 is 14.2 Å². The van der Waals surface area contributed by atoms with Crippen molar-refractivity contribution in [2.24, 2.45) is 0 Å². The van der Waals surface area contributed by atoms with E-state index in [9.17, 15) is 14.4 Å². The van der Waals surface area contributed by atoms with Gasteiger partial charge in [-0.15, -0.1) is 11.3 Å². The van der Waals surface area contributed by atoms with E-state index in [-0.39, 0.29) is 11.2 Å². The molecular formula is C16H15N2O4PS. The summed E-state index contributed by atoms with van der Waals surface area (Å²) in [5.74, 6) is 0.910. The first kappa shape index (κ1) is 15.7. The molecule has 2 N–H and O–H groups in total. The molecule has 1 unspecified atom stereocenters. The van der Waals surface area contributed by atoms with Crippen LogP contribution < -0.4 is 5.30 Å². The molecule has 1 aliphatic rings. The number of aryl methyl sites for hydroxylation is 2. The summed E-state index contributed by atoms with van der Waals surface area (Å²) >= 11 is 1.45. The summed E-state index contributed by atoms with van der Waals surface area (Å²) in [4.78, 5) is 28.2. The molecule has 3 aromatic heterocycles. The smallest absolute Gasteiger partial charge is 0.360 e. The molecule has 1 aliphatic heterocycles. The minimum atomic E-state index is -4.46.